The molecule has 0 aliphatic heterocycles. The van der Waals surface area contributed by atoms with Gasteiger partial charge in [-0.15, -0.1) is 0 Å². The quantitative estimate of drug-likeness (QED) is 0.213. The maximum Gasteiger partial charge on any atom is 1.00 e. The number of hydroxylamine groups is 2. The van der Waals surface area contributed by atoms with E-state index < -0.39 is 25.4 Å². The summed E-state index contributed by atoms with van der Waals surface area (Å²) in [6.45, 7) is -0.354. The minimum absolute atomic E-state index is 0. The van der Waals surface area contributed by atoms with Gasteiger partial charge in [-0.25, -0.2) is 5.06 Å². The molecule has 2 unspecified atom stereocenters. The van der Waals surface area contributed by atoms with E-state index in [0.717, 1.165) is 0 Å². The molecule has 0 spiro atoms. The molecule has 0 saturated carbocycles. The van der Waals surface area contributed by atoms with E-state index in [1.807, 2.05) is 0 Å². The van der Waals surface area contributed by atoms with Gasteiger partial charge in [-0.05, 0) is 18.6 Å². The van der Waals surface area contributed by atoms with E-state index in [1.165, 1.54) is 18.4 Å². The zero-order valence-electron chi connectivity index (χ0n) is 10.4. The molecule has 0 aliphatic rings. The van der Waals surface area contributed by atoms with Gasteiger partial charge in [0.25, 0.3) is 0 Å². The minimum atomic E-state index is -4.10. The molecule has 0 fully saturated rings. The molecule has 1 heterocycles. The molecule has 102 valence electrons. The van der Waals surface area contributed by atoms with Crippen molar-refractivity contribution in [3.05, 3.63) is 24.2 Å². The molecule has 0 radical (unpaired) electrons. The number of amides is 1. The molecule has 8 nitrogen and oxygen atoms in total. The summed E-state index contributed by atoms with van der Waals surface area (Å²) < 4.78 is 15.9. The molecule has 10 heteroatoms. The van der Waals surface area contributed by atoms with Gasteiger partial charge in [0.2, 0.25) is 0 Å². The number of aliphatic hydroxyl groups is 1. The van der Waals surface area contributed by atoms with Crippen LogP contribution >= 0.6 is 7.37 Å². The van der Waals surface area contributed by atoms with Crippen LogP contribution in [0.5, 0.6) is 0 Å². The van der Waals surface area contributed by atoms with Gasteiger partial charge in [-0.1, -0.05) is 0 Å². The SMILES string of the molecule is NCP(=O)([O-])C(O)CCN(O)C(=O)c1ccco1.[Na+]. The average molecular weight is 300 g/mol. The van der Waals surface area contributed by atoms with Crippen molar-refractivity contribution in [3.63, 3.8) is 0 Å². The Balaban J connectivity index is 0.00000324. The smallest absolute Gasteiger partial charge is 0.797 e. The summed E-state index contributed by atoms with van der Waals surface area (Å²) in [7, 11) is -4.10. The van der Waals surface area contributed by atoms with Gasteiger partial charge in [-0.2, -0.15) is 0 Å². The molecular formula is C9H14N2NaO6P. The van der Waals surface area contributed by atoms with Crippen LogP contribution in [0.4, 0.5) is 0 Å². The van der Waals surface area contributed by atoms with E-state index in [2.05, 4.69) is 0 Å². The van der Waals surface area contributed by atoms with Crippen LogP contribution in [0.2, 0.25) is 0 Å². The summed E-state index contributed by atoms with van der Waals surface area (Å²) in [6.07, 6.45) is 0.253. The topological polar surface area (TPSA) is 140 Å². The predicted octanol–water partition coefficient (Wildman–Crippen LogP) is -3.62. The first kappa shape index (κ1) is 18.8. The fourth-order valence-corrected chi connectivity index (χ4v) is 1.94. The molecule has 1 rings (SSSR count). The van der Waals surface area contributed by atoms with Gasteiger partial charge in [0.15, 0.2) is 5.76 Å². The minimum Gasteiger partial charge on any atom is -0.797 e. The van der Waals surface area contributed by atoms with Crippen LogP contribution < -0.4 is 40.2 Å². The van der Waals surface area contributed by atoms with E-state index >= 15 is 0 Å². The van der Waals surface area contributed by atoms with E-state index in [1.54, 1.807) is 0 Å². The van der Waals surface area contributed by atoms with Crippen molar-refractivity contribution in [2.75, 3.05) is 12.8 Å². The Hall–Kier alpha value is -0.180. The first-order valence-corrected chi connectivity index (χ1v) is 6.98. The third-order valence-electron chi connectivity index (χ3n) is 2.27. The van der Waals surface area contributed by atoms with Gasteiger partial charge in [-0.3, -0.25) is 10.0 Å². The molecule has 1 amide bonds. The van der Waals surface area contributed by atoms with Crippen LogP contribution in [-0.2, 0) is 4.57 Å². The van der Waals surface area contributed by atoms with Crippen LogP contribution in [0, 0.1) is 0 Å². The van der Waals surface area contributed by atoms with Crippen LogP contribution in [-0.4, -0.2) is 40.0 Å². The van der Waals surface area contributed by atoms with E-state index in [-0.39, 0.29) is 53.3 Å². The Morgan fingerprint density at radius 2 is 2.26 bits per heavy atom. The van der Waals surface area contributed by atoms with Crippen molar-refractivity contribution in [2.45, 2.75) is 12.3 Å². The zero-order valence-corrected chi connectivity index (χ0v) is 13.3. The van der Waals surface area contributed by atoms with Gasteiger partial charge in [0.1, 0.15) is 0 Å². The molecule has 1 aromatic heterocycles. The molecule has 0 saturated heterocycles. The van der Waals surface area contributed by atoms with Crippen LogP contribution in [0.25, 0.3) is 0 Å². The number of nitrogens with two attached hydrogens (primary N) is 1. The van der Waals surface area contributed by atoms with Gasteiger partial charge >= 0.3 is 35.5 Å². The largest absolute Gasteiger partial charge is 1.00 e. The first-order valence-electron chi connectivity index (χ1n) is 5.10. The van der Waals surface area contributed by atoms with Gasteiger partial charge in [0, 0.05) is 6.29 Å². The fourth-order valence-electron chi connectivity index (χ4n) is 1.19. The maximum atomic E-state index is 11.5. The molecule has 4 N–H and O–H groups in total. The molecule has 0 aliphatic carbocycles. The number of rotatable bonds is 6. The predicted molar refractivity (Wildman–Crippen MR) is 58.8 cm³/mol. The summed E-state index contributed by atoms with van der Waals surface area (Å²) in [5.41, 5.74) is 4.96. The Morgan fingerprint density at radius 1 is 1.63 bits per heavy atom. The van der Waals surface area contributed by atoms with Crippen molar-refractivity contribution in [3.8, 4) is 0 Å². The van der Waals surface area contributed by atoms with Crippen LogP contribution in [0.15, 0.2) is 22.8 Å². The van der Waals surface area contributed by atoms with Gasteiger partial charge < -0.3 is 24.7 Å². The number of hydrogen-bond acceptors (Lipinski definition) is 7. The Labute approximate surface area is 131 Å². The summed E-state index contributed by atoms with van der Waals surface area (Å²) in [5, 5.41) is 19.0. The summed E-state index contributed by atoms with van der Waals surface area (Å²) in [6, 6.07) is 2.82. The van der Waals surface area contributed by atoms with E-state index in [9.17, 15) is 24.6 Å². The summed E-state index contributed by atoms with van der Waals surface area (Å²) in [5.74, 6) is -2.60. The second kappa shape index (κ2) is 8.18. The third kappa shape index (κ3) is 5.37. The van der Waals surface area contributed by atoms with E-state index in [0.29, 0.717) is 0 Å². The average Bonchev–Trinajstić information content (AvgIpc) is 2.88. The number of aliphatic hydroxyl groups excluding tert-OH is 1. The standard InChI is InChI=1S/C9H15N2O6P.Na/c10-6-18(15,16)8(12)3-4-11(14)9(13)7-2-1-5-17-7;/h1-2,5,8,12,14H,3-4,6,10H2,(H,15,16);/q;+1/p-1. The normalized spacial score (nSPS) is 15.2. The fraction of sp³-hybridized carbons (Fsp3) is 0.444. The van der Waals surface area contributed by atoms with Crippen LogP contribution in [0.1, 0.15) is 17.0 Å². The monoisotopic (exact) mass is 300 g/mol. The third-order valence-corrected chi connectivity index (χ3v) is 3.95. The molecule has 0 bridgehead atoms. The van der Waals surface area contributed by atoms with E-state index in [4.69, 9.17) is 10.2 Å². The number of carbonyl (C=O) groups excluding carboxylic acids is 1. The molecule has 1 aromatic rings. The molecule has 19 heavy (non-hydrogen) atoms. The number of nitrogens with zero attached hydrogens (tertiary/aromatic N) is 1. The van der Waals surface area contributed by atoms with Crippen molar-refractivity contribution < 1.29 is 58.5 Å². The summed E-state index contributed by atoms with van der Waals surface area (Å²) >= 11 is 0. The molecule has 0 aromatic carbocycles. The molecular weight excluding hydrogens is 286 g/mol. The second-order valence-electron chi connectivity index (χ2n) is 3.58. The zero-order chi connectivity index (χ0) is 13.8. The summed E-state index contributed by atoms with van der Waals surface area (Å²) in [4.78, 5) is 22.6. The Bertz CT molecular complexity index is 440. The first-order chi connectivity index (χ1) is 8.38. The second-order valence-corrected chi connectivity index (χ2v) is 6.00. The van der Waals surface area contributed by atoms with Crippen molar-refractivity contribution in [2.24, 2.45) is 5.73 Å². The number of furan rings is 1. The number of carbonyl (C=O) groups is 1. The van der Waals surface area contributed by atoms with Crippen molar-refractivity contribution in [1.82, 2.24) is 5.06 Å². The van der Waals surface area contributed by atoms with Crippen molar-refractivity contribution in [1.29, 1.82) is 0 Å². The maximum absolute atomic E-state index is 11.5. The van der Waals surface area contributed by atoms with Crippen molar-refractivity contribution >= 4 is 13.3 Å². The van der Waals surface area contributed by atoms with Crippen LogP contribution in [0.3, 0.4) is 0 Å². The number of hydrogen-bond donors (Lipinski definition) is 3. The van der Waals surface area contributed by atoms with Gasteiger partial charge in [0.05, 0.1) is 26.0 Å². The Kier molecular flexibility index (Phi) is 8.11. The Morgan fingerprint density at radius 3 is 2.74 bits per heavy atom. The molecule has 2 atom stereocenters.